The minimum Gasteiger partial charge on any atom is -0.870 e. The molecule has 0 bridgehead atoms. The largest absolute Gasteiger partial charge is 1.00 e. The van der Waals surface area contributed by atoms with Crippen LogP contribution >= 0.6 is 69.6 Å². The number of nitrogens with zero attached hydrogens (tertiary/aromatic N) is 8. The van der Waals surface area contributed by atoms with E-state index < -0.39 is 31.0 Å². The van der Waals surface area contributed by atoms with Crippen molar-refractivity contribution in [3.8, 4) is 34.5 Å². The number of carbonyl (C=O) groups is 6. The number of aldehydes is 1. The number of aromatic carboxylic acids is 1. The number of nitrogens with one attached hydrogen (secondary N) is 1. The van der Waals surface area contributed by atoms with E-state index in [4.69, 9.17) is 120 Å². The van der Waals surface area contributed by atoms with E-state index in [9.17, 15) is 33.2 Å². The molecule has 0 aliphatic heterocycles. The molecule has 0 saturated heterocycles. The number of carbonyl (C=O) groups excluding carboxylic acids is 5. The number of carboxylic acid groups (broad SMARTS) is 1. The number of hydrogen-bond acceptors (Lipinski definition) is 19. The maximum Gasteiger partial charge on any atom is 1.00 e. The molecule has 0 amide bonds. The molecule has 0 radical (unpaired) electrons. The van der Waals surface area contributed by atoms with Crippen LogP contribution in [0, 0.1) is 41.5 Å². The van der Waals surface area contributed by atoms with Gasteiger partial charge >= 0.3 is 48.7 Å². The fourth-order valence-electron chi connectivity index (χ4n) is 9.25. The third-order valence-electron chi connectivity index (χ3n) is 14.8. The minimum absolute atomic E-state index is 0. The van der Waals surface area contributed by atoms with Crippen molar-refractivity contribution in [1.82, 2.24) is 14.1 Å². The molecule has 0 unspecified atom stereocenters. The number of alkyl halides is 1. The topological polar surface area (TPSA) is 368 Å². The Morgan fingerprint density at radius 1 is 0.585 bits per heavy atom. The molecule has 27 nitrogen and oxygen atoms in total. The molecule has 9 aromatic rings. The van der Waals surface area contributed by atoms with Crippen molar-refractivity contribution in [2.24, 2.45) is 24.3 Å². The predicted octanol–water partition coefficient (Wildman–Crippen LogP) is 15.8. The SMILES string of the molecule is CCOC(=O)CN=[N+]=[N-].COC(=O)/C(=C/c1ccc(OC)c(C)c1Cl)N=[N+]=[N-].COC(=O)c1cc2c(Cl)c(C)c(OC)cc2[nH]1.COC(=O)c1cc2c(Cl)c(C)c(OC)cc2n1C.COc1cc2c(cc(C(=O)O)n2C)c(Cl)c1C.COc1ccc(C=O)c(Cl)c1C.COc1cccc(Cl)c1C.[2H]CF.[HH].[Li+].[OH-]. The average molecular weight is 1590 g/mol. The summed E-state index contributed by atoms with van der Waals surface area (Å²) in [5.41, 5.74) is 25.4. The van der Waals surface area contributed by atoms with Gasteiger partial charge in [0.1, 0.15) is 63.8 Å². The van der Waals surface area contributed by atoms with Crippen LogP contribution in [0.15, 0.2) is 94.8 Å². The molecule has 0 saturated carbocycles. The molecule has 9 rings (SSSR count). The minimum atomic E-state index is -1.00. The van der Waals surface area contributed by atoms with E-state index in [-0.39, 0.29) is 49.7 Å². The fraction of sp³-hybridized carbons (Fsp3) is 0.296. The summed E-state index contributed by atoms with van der Waals surface area (Å²) in [6, 6.07) is 22.8. The van der Waals surface area contributed by atoms with Gasteiger partial charge in [-0.1, -0.05) is 85.9 Å². The first-order valence-corrected chi connectivity index (χ1v) is 32.2. The summed E-state index contributed by atoms with van der Waals surface area (Å²) < 4.78 is 68.1. The zero-order chi connectivity index (χ0) is 79.7. The summed E-state index contributed by atoms with van der Waals surface area (Å²) in [6.45, 7) is 12.9. The van der Waals surface area contributed by atoms with Gasteiger partial charge in [0.05, 0.1) is 121 Å². The summed E-state index contributed by atoms with van der Waals surface area (Å²) in [6.07, 6.45) is 2.09. The first-order valence-electron chi connectivity index (χ1n) is 30.7. The van der Waals surface area contributed by atoms with Crippen molar-refractivity contribution < 1.29 is 113 Å². The van der Waals surface area contributed by atoms with E-state index in [2.05, 4.69) is 39.2 Å². The average Bonchev–Trinajstić information content (AvgIpc) is 1.63. The van der Waals surface area contributed by atoms with E-state index in [0.717, 1.165) is 83.1 Å². The van der Waals surface area contributed by atoms with Gasteiger partial charge in [-0.05, 0) is 126 Å². The Kier molecular flexibility index (Phi) is 42.5. The van der Waals surface area contributed by atoms with E-state index >= 15 is 0 Å². The van der Waals surface area contributed by atoms with Crippen LogP contribution in [-0.2, 0) is 42.6 Å². The van der Waals surface area contributed by atoms with Gasteiger partial charge in [0.15, 0.2) is 6.29 Å². The number of esters is 4. The number of fused-ring (bicyclic) bond motifs is 3. The molecule has 0 aliphatic rings. The van der Waals surface area contributed by atoms with Gasteiger partial charge in [0, 0.05) is 104 Å². The molecule has 0 atom stereocenters. The Morgan fingerprint density at radius 3 is 1.42 bits per heavy atom. The van der Waals surface area contributed by atoms with Crippen LogP contribution in [0.5, 0.6) is 34.5 Å². The Hall–Kier alpha value is -9.65. The number of rotatable bonds is 16. The smallest absolute Gasteiger partial charge is 0.870 e. The normalized spacial score (nSPS) is 9.97. The number of aryl methyl sites for hydroxylation is 2. The molecule has 3 heterocycles. The number of azide groups is 2. The third-order valence-corrected chi connectivity index (χ3v) is 17.7. The van der Waals surface area contributed by atoms with E-state index in [0.29, 0.717) is 83.0 Å². The molecular weight excluding hydrogens is 1510 g/mol. The van der Waals surface area contributed by atoms with Crippen LogP contribution < -0.4 is 47.3 Å². The van der Waals surface area contributed by atoms with Crippen LogP contribution in [0.4, 0.5) is 4.39 Å². The molecule has 3 N–H and O–H groups in total. The first-order chi connectivity index (χ1) is 49.8. The van der Waals surface area contributed by atoms with Crippen molar-refractivity contribution in [1.29, 1.82) is 0 Å². The van der Waals surface area contributed by atoms with Crippen molar-refractivity contribution in [3.63, 3.8) is 0 Å². The van der Waals surface area contributed by atoms with Gasteiger partial charge in [-0.25, -0.2) is 19.2 Å². The molecule has 6 aromatic carbocycles. The Morgan fingerprint density at radius 2 is 1.01 bits per heavy atom. The Balaban J connectivity index is 0. The molecule has 0 aliphatic carbocycles. The third kappa shape index (κ3) is 25.3. The second-order valence-corrected chi connectivity index (χ2v) is 23.0. The first kappa shape index (κ1) is 94.4. The van der Waals surface area contributed by atoms with Gasteiger partial charge in [0.25, 0.3) is 0 Å². The van der Waals surface area contributed by atoms with Crippen LogP contribution in [0.2, 0.25) is 30.1 Å². The second kappa shape index (κ2) is 47.7. The summed E-state index contributed by atoms with van der Waals surface area (Å²) >= 11 is 36.6. The van der Waals surface area contributed by atoms with Crippen molar-refractivity contribution in [2.75, 3.05) is 84.3 Å². The van der Waals surface area contributed by atoms with Crippen LogP contribution in [0.1, 0.15) is 90.5 Å². The molecule has 0 fully saturated rings. The number of carboxylic acids is 1. The number of halogens is 7. The van der Waals surface area contributed by atoms with Crippen molar-refractivity contribution >= 4 is 145 Å². The van der Waals surface area contributed by atoms with Gasteiger partial charge < -0.3 is 72.1 Å². The molecule has 106 heavy (non-hydrogen) atoms. The molecule has 35 heteroatoms. The maximum absolute atomic E-state index is 11.6. The van der Waals surface area contributed by atoms with Crippen LogP contribution in [0.3, 0.4) is 0 Å². The summed E-state index contributed by atoms with van der Waals surface area (Å²) in [5, 5.41) is 21.0. The molecule has 568 valence electrons. The predicted molar refractivity (Wildman–Crippen MR) is 407 cm³/mol. The van der Waals surface area contributed by atoms with Crippen molar-refractivity contribution in [2.45, 2.75) is 48.5 Å². The fourth-order valence-corrected chi connectivity index (χ4v) is 10.6. The maximum atomic E-state index is 11.6. The number of ether oxygens (including phenoxy) is 10. The molecule has 0 spiro atoms. The number of methoxy groups -OCH3 is 9. The van der Waals surface area contributed by atoms with Crippen molar-refractivity contribution in [3.05, 3.63) is 197 Å². The number of hydrogen-bond donors (Lipinski definition) is 2. The van der Waals surface area contributed by atoms with E-state index in [1.807, 2.05) is 65.0 Å². The van der Waals surface area contributed by atoms with Gasteiger partial charge in [0.2, 0.25) is 0 Å². The molecule has 3 aromatic heterocycles. The van der Waals surface area contributed by atoms with Crippen LogP contribution in [0.25, 0.3) is 59.7 Å². The number of aromatic amines is 1. The van der Waals surface area contributed by atoms with E-state index in [1.165, 1.54) is 34.5 Å². The Bertz CT molecular complexity index is 4720. The molecular formula is C71H81Cl6FLiN9O18. The van der Waals surface area contributed by atoms with E-state index in [1.54, 1.807) is 121 Å². The number of benzene rings is 6. The van der Waals surface area contributed by atoms with Crippen LogP contribution in [-0.4, -0.2) is 145 Å². The van der Waals surface area contributed by atoms with Gasteiger partial charge in [-0.3, -0.25) is 14.0 Å². The summed E-state index contributed by atoms with van der Waals surface area (Å²) in [7, 11) is 15.8. The zero-order valence-corrected chi connectivity index (χ0v) is 66.0. The summed E-state index contributed by atoms with van der Waals surface area (Å²) in [4.78, 5) is 74.2. The quantitative estimate of drug-likeness (QED) is 0.0133. The zero-order valence-electron chi connectivity index (χ0n) is 62.4. The number of aromatic nitrogens is 3. The summed E-state index contributed by atoms with van der Waals surface area (Å²) in [5.74, 6) is 1.19. The standard InChI is InChI=1S/C13H14ClNO3.C12H12ClN3O3.2C12H12ClNO3.C9H9ClO2.C8H9ClO.C4H7N3O2.CH3F.Li.H2O.H2/c1-7-11(17-3)6-9-8(12(7)14)5-10(15(9)2)13(16)18-4;1-7-10(18-2)5-4-8(11(7)13)6-9(15-16-14)12(17)19-3;1-6-10(16-2)5-8-7(11(6)13)4-9(14-8)12(15)17-3;1-6-10(17-3)5-8-7(11(6)13)4-9(12(15)16)14(8)2;1-6-8(12-2)4-3-7(5-11)9(6)10;1-6-7(9)4-3-5-8(6)10-2;1-2-9-4(8)3-6-7-5;1-2;;;/h5-6H,1-4H3;4-6H,1-3H3;4-5,14H,1-3H3;4-5H,1-3H3,(H,15,16);3-5H,1-2H3;3-5H,1-2H3;2-3H2,1H3;1H3;;1H2;1H/q;;;;;;;;+1;;/p-1/b;9-6-;;;;;;;;;/i;;;;;;;1D;;;. The Labute approximate surface area is 656 Å². The number of H-pyrrole nitrogens is 1. The van der Waals surface area contributed by atoms with Gasteiger partial charge in [-0.2, -0.15) is 0 Å². The monoisotopic (exact) mass is 1580 g/mol. The second-order valence-electron chi connectivity index (χ2n) is 20.7. The van der Waals surface area contributed by atoms with Gasteiger partial charge in [-0.15, -0.1) is 0 Å².